The van der Waals surface area contributed by atoms with Gasteiger partial charge in [-0.1, -0.05) is 0 Å². The van der Waals surface area contributed by atoms with Gasteiger partial charge in [-0.3, -0.25) is 9.79 Å². The van der Waals surface area contributed by atoms with E-state index in [1.54, 1.807) is 11.4 Å². The van der Waals surface area contributed by atoms with E-state index in [4.69, 9.17) is 4.74 Å². The van der Waals surface area contributed by atoms with E-state index in [0.717, 1.165) is 32.2 Å². The summed E-state index contributed by atoms with van der Waals surface area (Å²) in [7, 11) is -1.47. The van der Waals surface area contributed by atoms with Crippen molar-refractivity contribution in [3.8, 4) is 0 Å². The maximum absolute atomic E-state index is 12.0. The molecule has 2 aliphatic rings. The topological polar surface area (TPSA) is 91.3 Å². The molecule has 0 aromatic rings. The monoisotopic (exact) mass is 502 g/mol. The Morgan fingerprint density at radius 2 is 1.96 bits per heavy atom. The zero-order chi connectivity index (χ0) is 18.4. The highest BCUT2D eigenvalue weighted by molar-refractivity contribution is 14.0. The number of halogens is 1. The van der Waals surface area contributed by atoms with Crippen molar-refractivity contribution in [2.45, 2.75) is 38.6 Å². The van der Waals surface area contributed by atoms with Crippen molar-refractivity contribution >= 4 is 45.9 Å². The van der Waals surface area contributed by atoms with Gasteiger partial charge < -0.3 is 15.0 Å². The average molecular weight is 502 g/mol. The van der Waals surface area contributed by atoms with Crippen LogP contribution in [0, 0.1) is 5.92 Å². The quantitative estimate of drug-likeness (QED) is 0.260. The van der Waals surface area contributed by atoms with Crippen LogP contribution in [0.25, 0.3) is 0 Å². The van der Waals surface area contributed by atoms with Crippen LogP contribution in [0.2, 0.25) is 0 Å². The van der Waals surface area contributed by atoms with Crippen LogP contribution in [0.5, 0.6) is 0 Å². The van der Waals surface area contributed by atoms with Crippen LogP contribution in [-0.2, 0) is 19.6 Å². The maximum Gasteiger partial charge on any atom is 0.310 e. The summed E-state index contributed by atoms with van der Waals surface area (Å²) < 4.78 is 30.4. The fraction of sp³-hybridized carbons (Fsp3) is 0.875. The van der Waals surface area contributed by atoms with E-state index in [0.29, 0.717) is 32.2 Å². The van der Waals surface area contributed by atoms with Gasteiger partial charge in [0.05, 0.1) is 18.8 Å². The Morgan fingerprint density at radius 1 is 1.27 bits per heavy atom. The molecule has 0 radical (unpaired) electrons. The highest BCUT2D eigenvalue weighted by atomic mass is 127. The molecule has 0 aromatic carbocycles. The molecular formula is C16H31IN4O4S. The summed E-state index contributed by atoms with van der Waals surface area (Å²) in [6.45, 7) is 4.73. The number of hydrogen-bond donors (Lipinski definition) is 1. The lowest BCUT2D eigenvalue weighted by atomic mass is 9.98. The Balaban J connectivity index is 0.00000338. The number of aliphatic imine (C=N–C) groups is 1. The number of sulfonamides is 1. The van der Waals surface area contributed by atoms with E-state index < -0.39 is 10.0 Å². The van der Waals surface area contributed by atoms with E-state index in [9.17, 15) is 13.2 Å². The smallest absolute Gasteiger partial charge is 0.310 e. The number of carbonyl (C=O) groups is 1. The third-order valence-corrected chi connectivity index (χ3v) is 6.13. The fourth-order valence-electron chi connectivity index (χ4n) is 3.61. The number of esters is 1. The summed E-state index contributed by atoms with van der Waals surface area (Å²) in [5, 5.41) is 3.29. The molecule has 0 bridgehead atoms. The van der Waals surface area contributed by atoms with Crippen LogP contribution < -0.4 is 5.32 Å². The van der Waals surface area contributed by atoms with Crippen molar-refractivity contribution in [1.29, 1.82) is 0 Å². The van der Waals surface area contributed by atoms with Crippen molar-refractivity contribution in [1.82, 2.24) is 14.5 Å². The lowest BCUT2D eigenvalue weighted by molar-refractivity contribution is -0.149. The van der Waals surface area contributed by atoms with E-state index in [2.05, 4.69) is 15.2 Å². The van der Waals surface area contributed by atoms with Crippen LogP contribution in [0.15, 0.2) is 4.99 Å². The van der Waals surface area contributed by atoms with Crippen molar-refractivity contribution in [3.05, 3.63) is 0 Å². The van der Waals surface area contributed by atoms with Crippen LogP contribution in [0.4, 0.5) is 0 Å². The number of hydrogen-bond acceptors (Lipinski definition) is 5. The molecule has 8 nitrogen and oxygen atoms in total. The van der Waals surface area contributed by atoms with Crippen LogP contribution in [-0.4, -0.2) is 81.7 Å². The van der Waals surface area contributed by atoms with Crippen molar-refractivity contribution in [2.75, 3.05) is 46.1 Å². The predicted octanol–water partition coefficient (Wildman–Crippen LogP) is 0.879. The van der Waals surface area contributed by atoms with Gasteiger partial charge in [-0.15, -0.1) is 24.0 Å². The van der Waals surface area contributed by atoms with Gasteiger partial charge in [0.2, 0.25) is 10.0 Å². The second-order valence-electron chi connectivity index (χ2n) is 6.64. The van der Waals surface area contributed by atoms with Gasteiger partial charge in [-0.05, 0) is 32.6 Å². The number of carbonyl (C=O) groups excluding carboxylic acids is 1. The lowest BCUT2D eigenvalue weighted by Gasteiger charge is -2.34. The first-order chi connectivity index (χ1) is 11.9. The highest BCUT2D eigenvalue weighted by Gasteiger charge is 2.32. The minimum atomic E-state index is -3.18. The van der Waals surface area contributed by atoms with E-state index in [1.165, 1.54) is 6.26 Å². The van der Waals surface area contributed by atoms with Crippen molar-refractivity contribution in [2.24, 2.45) is 10.9 Å². The first-order valence-corrected chi connectivity index (χ1v) is 10.8. The Kier molecular flexibility index (Phi) is 9.59. The fourth-order valence-corrected chi connectivity index (χ4v) is 4.80. The number of nitrogens with zero attached hydrogens (tertiary/aromatic N) is 3. The Bertz CT molecular complexity index is 599. The zero-order valence-electron chi connectivity index (χ0n) is 15.8. The first-order valence-electron chi connectivity index (χ1n) is 8.95. The van der Waals surface area contributed by atoms with Gasteiger partial charge in [0, 0.05) is 39.3 Å². The molecule has 26 heavy (non-hydrogen) atoms. The van der Waals surface area contributed by atoms with Gasteiger partial charge in [0.1, 0.15) is 0 Å². The molecule has 0 unspecified atom stereocenters. The van der Waals surface area contributed by atoms with Crippen molar-refractivity contribution in [3.63, 3.8) is 0 Å². The van der Waals surface area contributed by atoms with E-state index in [-0.39, 0.29) is 41.9 Å². The molecule has 152 valence electrons. The summed E-state index contributed by atoms with van der Waals surface area (Å²) in [5.74, 6) is 0.433. The molecular weight excluding hydrogens is 471 g/mol. The number of piperidine rings is 1. The lowest BCUT2D eigenvalue weighted by Crippen LogP contribution is -2.51. The summed E-state index contributed by atoms with van der Waals surface area (Å²) >= 11 is 0. The molecule has 2 aliphatic heterocycles. The molecule has 2 atom stereocenters. The molecule has 10 heteroatoms. The maximum atomic E-state index is 12.0. The van der Waals surface area contributed by atoms with Crippen molar-refractivity contribution < 1.29 is 17.9 Å². The molecule has 0 aromatic heterocycles. The summed E-state index contributed by atoms with van der Waals surface area (Å²) in [5.41, 5.74) is 0. The number of rotatable bonds is 5. The van der Waals surface area contributed by atoms with Crippen LogP contribution in [0.3, 0.4) is 0 Å². The normalized spacial score (nSPS) is 24.9. The average Bonchev–Trinajstić information content (AvgIpc) is 3.05. The molecule has 0 spiro atoms. The molecule has 0 amide bonds. The minimum absolute atomic E-state index is 0. The molecule has 2 heterocycles. The number of likely N-dealkylation sites (tertiary alicyclic amines) is 1. The molecule has 1 N–H and O–H groups in total. The minimum Gasteiger partial charge on any atom is -0.466 e. The summed E-state index contributed by atoms with van der Waals surface area (Å²) in [6.07, 6.45) is 4.73. The molecule has 0 aliphatic carbocycles. The van der Waals surface area contributed by atoms with Gasteiger partial charge in [-0.2, -0.15) is 4.31 Å². The number of ether oxygens (including phenoxy) is 1. The van der Waals surface area contributed by atoms with E-state index >= 15 is 0 Å². The predicted molar refractivity (Wildman–Crippen MR) is 112 cm³/mol. The SMILES string of the molecule is CCOC(=O)[C@@H]1CCCN(C(=NC)NC[C@H]2CCCN2S(C)(=O)=O)C1.I. The van der Waals surface area contributed by atoms with Gasteiger partial charge >= 0.3 is 5.97 Å². The molecule has 2 rings (SSSR count). The first kappa shape index (κ1) is 23.4. The van der Waals surface area contributed by atoms with Gasteiger partial charge in [0.25, 0.3) is 0 Å². The summed E-state index contributed by atoms with van der Waals surface area (Å²) in [6, 6.07) is -0.0441. The Morgan fingerprint density at radius 3 is 2.58 bits per heavy atom. The Hall–Kier alpha value is -0.620. The largest absolute Gasteiger partial charge is 0.466 e. The second kappa shape index (κ2) is 10.6. The molecule has 0 saturated carbocycles. The van der Waals surface area contributed by atoms with Gasteiger partial charge in [-0.25, -0.2) is 8.42 Å². The van der Waals surface area contributed by atoms with Crippen LogP contribution >= 0.6 is 24.0 Å². The van der Waals surface area contributed by atoms with E-state index in [1.807, 2.05) is 6.92 Å². The zero-order valence-corrected chi connectivity index (χ0v) is 19.0. The summed E-state index contributed by atoms with van der Waals surface area (Å²) in [4.78, 5) is 18.4. The third-order valence-electron chi connectivity index (χ3n) is 4.80. The number of nitrogens with one attached hydrogen (secondary N) is 1. The van der Waals surface area contributed by atoms with Crippen LogP contribution in [0.1, 0.15) is 32.6 Å². The van der Waals surface area contributed by atoms with Gasteiger partial charge in [0.15, 0.2) is 5.96 Å². The third kappa shape index (κ3) is 6.22. The second-order valence-corrected chi connectivity index (χ2v) is 8.57. The number of guanidine groups is 1. The molecule has 2 saturated heterocycles. The Labute approximate surface area is 173 Å². The molecule has 2 fully saturated rings. The highest BCUT2D eigenvalue weighted by Crippen LogP contribution is 2.21. The standard InChI is InChI=1S/C16H30N4O4S.HI/c1-4-24-15(21)13-7-5-9-19(12-13)16(17-2)18-11-14-8-6-10-20(14)25(3,22)23;/h13-14H,4-12H2,1-3H3,(H,17,18);1H/t13-,14-;/m1./s1.